The van der Waals surface area contributed by atoms with Gasteiger partial charge in [0.15, 0.2) is 0 Å². The third-order valence-corrected chi connectivity index (χ3v) is 4.14. The van der Waals surface area contributed by atoms with Gasteiger partial charge < -0.3 is 10.3 Å². The number of aryl methyl sites for hydroxylation is 1. The van der Waals surface area contributed by atoms with E-state index in [1.54, 1.807) is 28.8 Å². The van der Waals surface area contributed by atoms with Gasteiger partial charge in [-0.25, -0.2) is 4.39 Å². The highest BCUT2D eigenvalue weighted by molar-refractivity contribution is 7.80. The van der Waals surface area contributed by atoms with Crippen LogP contribution in [0.3, 0.4) is 0 Å². The molecule has 5 heteroatoms. The highest BCUT2D eigenvalue weighted by Crippen LogP contribution is 2.21. The molecule has 108 valence electrons. The average molecular weight is 302 g/mol. The topological polar surface area (TPSA) is 48.0 Å². The second kappa shape index (κ2) is 5.41. The molecule has 1 aliphatic carbocycles. The van der Waals surface area contributed by atoms with Crippen LogP contribution in [0.2, 0.25) is 0 Å². The number of benzene rings is 1. The summed E-state index contributed by atoms with van der Waals surface area (Å²) in [5.74, 6) is -0.437. The van der Waals surface area contributed by atoms with Crippen molar-refractivity contribution in [1.82, 2.24) is 4.57 Å². The molecule has 0 bridgehead atoms. The van der Waals surface area contributed by atoms with Crippen molar-refractivity contribution in [3.8, 4) is 0 Å². The predicted octanol–water partition coefficient (Wildman–Crippen LogP) is 2.16. The van der Waals surface area contributed by atoms with Gasteiger partial charge in [0.1, 0.15) is 10.8 Å². The Bertz CT molecular complexity index is 782. The van der Waals surface area contributed by atoms with Gasteiger partial charge in [-0.05, 0) is 30.9 Å². The lowest BCUT2D eigenvalue weighted by molar-refractivity contribution is 0.589. The third-order valence-electron chi connectivity index (χ3n) is 3.92. The summed E-state index contributed by atoms with van der Waals surface area (Å²) in [5.41, 5.74) is 8.27. The minimum absolute atomic E-state index is 0.0278. The zero-order chi connectivity index (χ0) is 15.0. The van der Waals surface area contributed by atoms with Crippen LogP contribution in [-0.2, 0) is 19.4 Å². The van der Waals surface area contributed by atoms with Crippen molar-refractivity contribution in [2.24, 2.45) is 5.73 Å². The molecule has 3 rings (SSSR count). The Morgan fingerprint density at radius 2 is 2.10 bits per heavy atom. The Kier molecular flexibility index (Phi) is 3.59. The van der Waals surface area contributed by atoms with E-state index in [9.17, 15) is 9.18 Å². The van der Waals surface area contributed by atoms with Crippen LogP contribution in [-0.4, -0.2) is 9.56 Å². The summed E-state index contributed by atoms with van der Waals surface area (Å²) in [5, 5.41) is 0. The predicted molar refractivity (Wildman–Crippen MR) is 84.1 cm³/mol. The van der Waals surface area contributed by atoms with Crippen molar-refractivity contribution >= 4 is 17.2 Å². The van der Waals surface area contributed by atoms with E-state index in [4.69, 9.17) is 18.0 Å². The van der Waals surface area contributed by atoms with E-state index < -0.39 is 5.82 Å². The van der Waals surface area contributed by atoms with Crippen LogP contribution in [0.1, 0.15) is 28.8 Å². The van der Waals surface area contributed by atoms with Crippen LogP contribution >= 0.6 is 12.2 Å². The molecule has 2 N–H and O–H groups in total. The second-order valence-electron chi connectivity index (χ2n) is 5.23. The number of nitrogens with two attached hydrogens (primary N) is 1. The number of hydrogen-bond acceptors (Lipinski definition) is 2. The SMILES string of the molecule is NC(=S)c1cccc(Cn2c3c(ccc2=O)CCC3)c1F. The molecule has 3 nitrogen and oxygen atoms in total. The summed E-state index contributed by atoms with van der Waals surface area (Å²) in [6.45, 7) is 0.213. The first-order valence-corrected chi connectivity index (χ1v) is 7.27. The summed E-state index contributed by atoms with van der Waals surface area (Å²) in [7, 11) is 0. The summed E-state index contributed by atoms with van der Waals surface area (Å²) >= 11 is 4.85. The molecule has 0 atom stereocenters. The molecular formula is C16H15FN2OS. The first-order chi connectivity index (χ1) is 10.1. The van der Waals surface area contributed by atoms with E-state index >= 15 is 0 Å². The molecule has 0 radical (unpaired) electrons. The van der Waals surface area contributed by atoms with Crippen molar-refractivity contribution in [3.05, 3.63) is 68.9 Å². The fourth-order valence-electron chi connectivity index (χ4n) is 2.87. The second-order valence-corrected chi connectivity index (χ2v) is 5.67. The highest BCUT2D eigenvalue weighted by Gasteiger charge is 2.17. The first kappa shape index (κ1) is 13.9. The van der Waals surface area contributed by atoms with Gasteiger partial charge in [-0.15, -0.1) is 0 Å². The van der Waals surface area contributed by atoms with Gasteiger partial charge in [0.25, 0.3) is 5.56 Å². The summed E-state index contributed by atoms with van der Waals surface area (Å²) in [6, 6.07) is 8.36. The number of nitrogens with zero attached hydrogens (tertiary/aromatic N) is 1. The lowest BCUT2D eigenvalue weighted by Gasteiger charge is -2.13. The van der Waals surface area contributed by atoms with Gasteiger partial charge in [0.2, 0.25) is 0 Å². The van der Waals surface area contributed by atoms with E-state index in [1.807, 2.05) is 6.07 Å². The third kappa shape index (κ3) is 2.49. The molecule has 0 unspecified atom stereocenters. The van der Waals surface area contributed by atoms with Crippen molar-refractivity contribution in [1.29, 1.82) is 0 Å². The molecule has 1 aromatic heterocycles. The van der Waals surface area contributed by atoms with E-state index in [0.29, 0.717) is 5.56 Å². The normalized spacial score (nSPS) is 13.2. The number of pyridine rings is 1. The Morgan fingerprint density at radius 1 is 1.29 bits per heavy atom. The largest absolute Gasteiger partial charge is 0.389 e. The van der Waals surface area contributed by atoms with Crippen LogP contribution in [0, 0.1) is 5.82 Å². The number of fused-ring (bicyclic) bond motifs is 1. The molecule has 1 aromatic carbocycles. The van der Waals surface area contributed by atoms with Gasteiger partial charge >= 0.3 is 0 Å². The Morgan fingerprint density at radius 3 is 2.86 bits per heavy atom. The summed E-state index contributed by atoms with van der Waals surface area (Å²) in [4.78, 5) is 12.1. The van der Waals surface area contributed by atoms with Crippen LogP contribution in [0.4, 0.5) is 4.39 Å². The van der Waals surface area contributed by atoms with Gasteiger partial charge in [-0.3, -0.25) is 4.79 Å². The summed E-state index contributed by atoms with van der Waals surface area (Å²) < 4.78 is 16.1. The number of halogens is 1. The number of rotatable bonds is 3. The van der Waals surface area contributed by atoms with Crippen LogP contribution < -0.4 is 11.3 Å². The van der Waals surface area contributed by atoms with E-state index in [2.05, 4.69) is 0 Å². The monoisotopic (exact) mass is 302 g/mol. The summed E-state index contributed by atoms with van der Waals surface area (Å²) in [6.07, 6.45) is 2.88. The van der Waals surface area contributed by atoms with Crippen molar-refractivity contribution in [3.63, 3.8) is 0 Å². The zero-order valence-electron chi connectivity index (χ0n) is 11.4. The molecule has 0 saturated carbocycles. The minimum Gasteiger partial charge on any atom is -0.389 e. The number of hydrogen-bond donors (Lipinski definition) is 1. The molecule has 0 aliphatic heterocycles. The van der Waals surface area contributed by atoms with Gasteiger partial charge in [-0.2, -0.15) is 0 Å². The minimum atomic E-state index is -0.437. The zero-order valence-corrected chi connectivity index (χ0v) is 12.3. The molecule has 2 aromatic rings. The molecule has 1 heterocycles. The van der Waals surface area contributed by atoms with E-state index in [-0.39, 0.29) is 22.7 Å². The molecule has 0 spiro atoms. The van der Waals surface area contributed by atoms with Gasteiger partial charge in [0, 0.05) is 22.9 Å². The van der Waals surface area contributed by atoms with E-state index in [0.717, 1.165) is 25.0 Å². The quantitative estimate of drug-likeness (QED) is 0.884. The lowest BCUT2D eigenvalue weighted by Crippen LogP contribution is -2.24. The Balaban J connectivity index is 2.06. The lowest BCUT2D eigenvalue weighted by atomic mass is 10.1. The molecule has 0 fully saturated rings. The standard InChI is InChI=1S/C16H15FN2OS/c17-15-11(4-1-5-12(15)16(18)21)9-19-13-6-2-3-10(13)7-8-14(19)20/h1,4-5,7-8H,2-3,6,9H2,(H2,18,21). The maximum absolute atomic E-state index is 14.4. The van der Waals surface area contributed by atoms with E-state index in [1.165, 1.54) is 5.56 Å². The molecule has 1 aliphatic rings. The highest BCUT2D eigenvalue weighted by atomic mass is 32.1. The maximum atomic E-state index is 14.4. The van der Waals surface area contributed by atoms with Gasteiger partial charge in [0.05, 0.1) is 6.54 Å². The van der Waals surface area contributed by atoms with Gasteiger partial charge in [-0.1, -0.05) is 30.4 Å². The average Bonchev–Trinajstić information content (AvgIpc) is 2.92. The fourth-order valence-corrected chi connectivity index (χ4v) is 3.03. The smallest absolute Gasteiger partial charge is 0.251 e. The Hall–Kier alpha value is -2.01. The number of thiocarbonyl (C=S) groups is 1. The fraction of sp³-hybridized carbons (Fsp3) is 0.250. The van der Waals surface area contributed by atoms with Crippen LogP contribution in [0.25, 0.3) is 0 Å². The van der Waals surface area contributed by atoms with Crippen LogP contribution in [0.5, 0.6) is 0 Å². The van der Waals surface area contributed by atoms with Crippen molar-refractivity contribution < 1.29 is 4.39 Å². The maximum Gasteiger partial charge on any atom is 0.251 e. The molecular weight excluding hydrogens is 287 g/mol. The first-order valence-electron chi connectivity index (χ1n) is 6.86. The van der Waals surface area contributed by atoms with Crippen LogP contribution in [0.15, 0.2) is 35.1 Å². The number of aromatic nitrogens is 1. The molecule has 0 saturated heterocycles. The van der Waals surface area contributed by atoms with Crippen molar-refractivity contribution in [2.75, 3.05) is 0 Å². The molecule has 0 amide bonds. The molecule has 21 heavy (non-hydrogen) atoms. The Labute approximate surface area is 127 Å². The van der Waals surface area contributed by atoms with Crippen molar-refractivity contribution in [2.45, 2.75) is 25.8 Å².